The summed E-state index contributed by atoms with van der Waals surface area (Å²) >= 11 is 0. The molecule has 92 valence electrons. The Morgan fingerprint density at radius 1 is 1.41 bits per heavy atom. The lowest BCUT2D eigenvalue weighted by molar-refractivity contribution is 0.0694. The van der Waals surface area contributed by atoms with Gasteiger partial charge in [-0.05, 0) is 18.8 Å². The number of aromatic carboxylic acids is 1. The van der Waals surface area contributed by atoms with Gasteiger partial charge >= 0.3 is 5.97 Å². The molecule has 0 atom stereocenters. The molecule has 0 aliphatic heterocycles. The molecule has 0 saturated heterocycles. The van der Waals surface area contributed by atoms with Crippen molar-refractivity contribution in [3.63, 3.8) is 0 Å². The maximum Gasteiger partial charge on any atom is 0.339 e. The lowest BCUT2D eigenvalue weighted by Crippen LogP contribution is -2.11. The summed E-state index contributed by atoms with van der Waals surface area (Å²) in [4.78, 5) is 19.8. The fourth-order valence-electron chi connectivity index (χ4n) is 2.39. The van der Waals surface area contributed by atoms with Gasteiger partial charge in [-0.3, -0.25) is 0 Å². The van der Waals surface area contributed by atoms with E-state index in [2.05, 4.69) is 9.97 Å². The topological polar surface area (TPSA) is 63.1 Å². The van der Waals surface area contributed by atoms with Crippen molar-refractivity contribution in [2.75, 3.05) is 0 Å². The summed E-state index contributed by atoms with van der Waals surface area (Å²) < 4.78 is 0. The van der Waals surface area contributed by atoms with E-state index in [0.29, 0.717) is 11.6 Å². The molecule has 0 unspecified atom stereocenters. The van der Waals surface area contributed by atoms with Gasteiger partial charge in [0.15, 0.2) is 0 Å². The molecule has 1 heterocycles. The van der Waals surface area contributed by atoms with Crippen LogP contribution in [0.4, 0.5) is 0 Å². The highest BCUT2D eigenvalue weighted by molar-refractivity contribution is 5.88. The van der Waals surface area contributed by atoms with Gasteiger partial charge in [-0.25, -0.2) is 14.8 Å². The van der Waals surface area contributed by atoms with E-state index >= 15 is 0 Å². The summed E-state index contributed by atoms with van der Waals surface area (Å²) in [6.07, 6.45) is 6.18. The third-order valence-corrected chi connectivity index (χ3v) is 3.33. The van der Waals surface area contributed by atoms with Crippen molar-refractivity contribution in [3.8, 4) is 0 Å². The molecule has 1 aromatic heterocycles. The highest BCUT2D eigenvalue weighted by atomic mass is 16.4. The first kappa shape index (κ1) is 12.0. The predicted octanol–water partition coefficient (Wildman–Crippen LogP) is 2.96. The molecule has 1 aliphatic carbocycles. The molecular formula is C13H18N2O2. The first-order chi connectivity index (χ1) is 8.09. The molecule has 0 amide bonds. The van der Waals surface area contributed by atoms with E-state index in [4.69, 9.17) is 5.11 Å². The average molecular weight is 234 g/mol. The van der Waals surface area contributed by atoms with Crippen LogP contribution in [-0.2, 0) is 0 Å². The summed E-state index contributed by atoms with van der Waals surface area (Å²) in [6.45, 7) is 3.93. The van der Waals surface area contributed by atoms with Crippen LogP contribution in [0.3, 0.4) is 0 Å². The van der Waals surface area contributed by atoms with Gasteiger partial charge in [0.2, 0.25) is 0 Å². The van der Waals surface area contributed by atoms with E-state index < -0.39 is 5.97 Å². The quantitative estimate of drug-likeness (QED) is 0.873. The molecule has 4 nitrogen and oxygen atoms in total. The molecule has 1 aliphatic rings. The van der Waals surface area contributed by atoms with Crippen molar-refractivity contribution in [2.45, 2.75) is 51.4 Å². The molecule has 1 saturated carbocycles. The second kappa shape index (κ2) is 4.82. The first-order valence-corrected chi connectivity index (χ1v) is 6.19. The highest BCUT2D eigenvalue weighted by Crippen LogP contribution is 2.32. The summed E-state index contributed by atoms with van der Waals surface area (Å²) in [5.74, 6) is 0.433. The van der Waals surface area contributed by atoms with Crippen LogP contribution in [0.5, 0.6) is 0 Å². The van der Waals surface area contributed by atoms with Crippen LogP contribution < -0.4 is 0 Å². The summed E-state index contributed by atoms with van der Waals surface area (Å²) in [5.41, 5.74) is 0.899. The smallest absolute Gasteiger partial charge is 0.339 e. The minimum absolute atomic E-state index is 0.115. The van der Waals surface area contributed by atoms with Gasteiger partial charge in [0.1, 0.15) is 5.82 Å². The van der Waals surface area contributed by atoms with Gasteiger partial charge in [0, 0.05) is 12.1 Å². The lowest BCUT2D eigenvalue weighted by atomic mass is 10.0. The van der Waals surface area contributed by atoms with Crippen molar-refractivity contribution in [2.24, 2.45) is 0 Å². The summed E-state index contributed by atoms with van der Waals surface area (Å²) in [5, 5.41) is 9.09. The van der Waals surface area contributed by atoms with Crippen molar-refractivity contribution < 1.29 is 9.90 Å². The standard InChI is InChI=1S/C13H18N2O2/c1-8(2)11-10(13(16)17)7-14-12(15-11)9-5-3-4-6-9/h7-9H,3-6H2,1-2H3,(H,16,17). The molecule has 17 heavy (non-hydrogen) atoms. The fourth-order valence-corrected chi connectivity index (χ4v) is 2.39. The minimum atomic E-state index is -0.938. The van der Waals surface area contributed by atoms with E-state index in [9.17, 15) is 4.79 Å². The largest absolute Gasteiger partial charge is 0.478 e. The first-order valence-electron chi connectivity index (χ1n) is 6.19. The fraction of sp³-hybridized carbons (Fsp3) is 0.615. The zero-order chi connectivity index (χ0) is 12.4. The van der Waals surface area contributed by atoms with Crippen molar-refractivity contribution in [1.82, 2.24) is 9.97 Å². The predicted molar refractivity (Wildman–Crippen MR) is 64.3 cm³/mol. The summed E-state index contributed by atoms with van der Waals surface area (Å²) in [7, 11) is 0. The number of hydrogen-bond acceptors (Lipinski definition) is 3. The number of hydrogen-bond donors (Lipinski definition) is 1. The third-order valence-electron chi connectivity index (χ3n) is 3.33. The van der Waals surface area contributed by atoms with Gasteiger partial charge < -0.3 is 5.11 Å². The molecule has 4 heteroatoms. The lowest BCUT2D eigenvalue weighted by Gasteiger charge is -2.13. The van der Waals surface area contributed by atoms with Crippen molar-refractivity contribution in [1.29, 1.82) is 0 Å². The molecule has 2 rings (SSSR count). The summed E-state index contributed by atoms with van der Waals surface area (Å²) in [6, 6.07) is 0. The van der Waals surface area contributed by atoms with Crippen LogP contribution in [0.1, 0.15) is 73.2 Å². The highest BCUT2D eigenvalue weighted by Gasteiger charge is 2.23. The second-order valence-corrected chi connectivity index (χ2v) is 4.97. The Bertz CT molecular complexity index is 423. The third kappa shape index (κ3) is 2.46. The molecule has 0 bridgehead atoms. The number of carbonyl (C=O) groups is 1. The zero-order valence-electron chi connectivity index (χ0n) is 10.3. The van der Waals surface area contributed by atoms with Gasteiger partial charge in [0.25, 0.3) is 0 Å². The molecule has 0 spiro atoms. The molecule has 1 fully saturated rings. The zero-order valence-corrected chi connectivity index (χ0v) is 10.3. The monoisotopic (exact) mass is 234 g/mol. The molecule has 1 aromatic rings. The van der Waals surface area contributed by atoms with Crippen LogP contribution in [-0.4, -0.2) is 21.0 Å². The average Bonchev–Trinajstić information content (AvgIpc) is 2.81. The van der Waals surface area contributed by atoms with Gasteiger partial charge in [-0.1, -0.05) is 26.7 Å². The number of rotatable bonds is 3. The van der Waals surface area contributed by atoms with E-state index in [-0.39, 0.29) is 11.5 Å². The van der Waals surface area contributed by atoms with E-state index in [1.165, 1.54) is 19.0 Å². The SMILES string of the molecule is CC(C)c1nc(C2CCCC2)ncc1C(=O)O. The Kier molecular flexibility index (Phi) is 3.41. The molecule has 0 radical (unpaired) electrons. The molecule has 1 N–H and O–H groups in total. The molecular weight excluding hydrogens is 216 g/mol. The van der Waals surface area contributed by atoms with Crippen molar-refractivity contribution >= 4 is 5.97 Å². The maximum atomic E-state index is 11.1. The number of carboxylic acids is 1. The van der Waals surface area contributed by atoms with Gasteiger partial charge in [0.05, 0.1) is 11.3 Å². The van der Waals surface area contributed by atoms with E-state index in [0.717, 1.165) is 18.7 Å². The Morgan fingerprint density at radius 2 is 2.06 bits per heavy atom. The normalized spacial score (nSPS) is 16.6. The van der Waals surface area contributed by atoms with Gasteiger partial charge in [-0.2, -0.15) is 0 Å². The van der Waals surface area contributed by atoms with E-state index in [1.54, 1.807) is 0 Å². The Hall–Kier alpha value is -1.45. The minimum Gasteiger partial charge on any atom is -0.478 e. The Labute approximate surface area is 101 Å². The van der Waals surface area contributed by atoms with Crippen molar-refractivity contribution in [3.05, 3.63) is 23.3 Å². The van der Waals surface area contributed by atoms with Gasteiger partial charge in [-0.15, -0.1) is 0 Å². The maximum absolute atomic E-state index is 11.1. The number of carboxylic acid groups (broad SMARTS) is 1. The van der Waals surface area contributed by atoms with E-state index in [1.807, 2.05) is 13.8 Å². The number of nitrogens with zero attached hydrogens (tertiary/aromatic N) is 2. The van der Waals surface area contributed by atoms with Crippen LogP contribution in [0, 0.1) is 0 Å². The Balaban J connectivity index is 2.37. The Morgan fingerprint density at radius 3 is 2.59 bits per heavy atom. The van der Waals surface area contributed by atoms with Crippen LogP contribution in [0.2, 0.25) is 0 Å². The molecule has 0 aromatic carbocycles. The number of aromatic nitrogens is 2. The van der Waals surface area contributed by atoms with Crippen LogP contribution in [0.25, 0.3) is 0 Å². The van der Waals surface area contributed by atoms with Crippen LogP contribution >= 0.6 is 0 Å². The van der Waals surface area contributed by atoms with Crippen LogP contribution in [0.15, 0.2) is 6.20 Å². The second-order valence-electron chi connectivity index (χ2n) is 4.97.